The number of aliphatic hydroxyl groups excluding tert-OH is 1. The van der Waals surface area contributed by atoms with Crippen molar-refractivity contribution in [1.29, 1.82) is 5.26 Å². The molecule has 0 aliphatic rings. The van der Waals surface area contributed by atoms with Gasteiger partial charge in [0.2, 0.25) is 0 Å². The van der Waals surface area contributed by atoms with Crippen LogP contribution in [-0.4, -0.2) is 30.6 Å². The van der Waals surface area contributed by atoms with Gasteiger partial charge in [0.1, 0.15) is 11.8 Å². The number of primary amides is 1. The lowest BCUT2D eigenvalue weighted by molar-refractivity contribution is 0.0994. The maximum atomic E-state index is 11.4. The number of benzene rings is 1. The monoisotopic (exact) mass is 398 g/mol. The first-order valence-electron chi connectivity index (χ1n) is 8.61. The summed E-state index contributed by atoms with van der Waals surface area (Å²) in [6.45, 7) is 3.97. The number of halogens is 1. The lowest BCUT2D eigenvalue weighted by Gasteiger charge is -2.17. The highest BCUT2D eigenvalue weighted by molar-refractivity contribution is 6.32. The molecule has 0 saturated heterocycles. The third-order valence-electron chi connectivity index (χ3n) is 4.34. The van der Waals surface area contributed by atoms with Crippen molar-refractivity contribution in [2.24, 2.45) is 5.73 Å². The number of carbonyl (C=O) groups excluding carboxylic acids is 1. The Morgan fingerprint density at radius 2 is 2.07 bits per heavy atom. The second-order valence-electron chi connectivity index (χ2n) is 6.52. The number of carbonyl (C=O) groups is 1. The fraction of sp³-hybridized carbons (Fsp3) is 0.263. The maximum Gasteiger partial charge on any atom is 0.269 e. The molecule has 3 aromatic rings. The molecule has 9 heteroatoms. The molecule has 2 aromatic heterocycles. The van der Waals surface area contributed by atoms with Crippen LogP contribution in [0.25, 0.3) is 11.3 Å². The Morgan fingerprint density at radius 3 is 2.68 bits per heavy atom. The highest BCUT2D eigenvalue weighted by Gasteiger charge is 2.19. The smallest absolute Gasteiger partial charge is 0.269 e. The summed E-state index contributed by atoms with van der Waals surface area (Å²) in [4.78, 5) is 11.4. The van der Waals surface area contributed by atoms with E-state index < -0.39 is 12.0 Å². The van der Waals surface area contributed by atoms with Crippen molar-refractivity contribution in [2.45, 2.75) is 32.5 Å². The van der Waals surface area contributed by atoms with Gasteiger partial charge in [-0.2, -0.15) is 15.5 Å². The van der Waals surface area contributed by atoms with Crippen molar-refractivity contribution in [2.75, 3.05) is 0 Å². The summed E-state index contributed by atoms with van der Waals surface area (Å²) in [5, 5.41) is 28.1. The number of nitrogens with zero attached hydrogens (tertiary/aromatic N) is 5. The van der Waals surface area contributed by atoms with Crippen LogP contribution in [0.5, 0.6) is 0 Å². The van der Waals surface area contributed by atoms with E-state index in [1.54, 1.807) is 34.5 Å². The van der Waals surface area contributed by atoms with Crippen molar-refractivity contribution in [3.05, 3.63) is 58.5 Å². The minimum atomic E-state index is -0.794. The summed E-state index contributed by atoms with van der Waals surface area (Å²) >= 11 is 6.10. The summed E-state index contributed by atoms with van der Waals surface area (Å²) in [5.74, 6) is -0.646. The zero-order valence-electron chi connectivity index (χ0n) is 15.4. The Balaban J connectivity index is 1.83. The quantitative estimate of drug-likeness (QED) is 0.660. The fourth-order valence-electron chi connectivity index (χ4n) is 2.92. The predicted molar refractivity (Wildman–Crippen MR) is 103 cm³/mol. The Labute approximate surface area is 166 Å². The van der Waals surface area contributed by atoms with E-state index in [2.05, 4.69) is 10.2 Å². The summed E-state index contributed by atoms with van der Waals surface area (Å²) < 4.78 is 3.33. The number of nitriles is 1. The highest BCUT2D eigenvalue weighted by atomic mass is 35.5. The van der Waals surface area contributed by atoms with Crippen molar-refractivity contribution in [1.82, 2.24) is 19.6 Å². The third kappa shape index (κ3) is 3.91. The number of nitrogens with two attached hydrogens (primary N) is 1. The van der Waals surface area contributed by atoms with Gasteiger partial charge in [0.25, 0.3) is 5.91 Å². The van der Waals surface area contributed by atoms with Crippen LogP contribution in [0, 0.1) is 11.3 Å². The standard InChI is InChI=1S/C19H19ClN6O2/c1-11(26-18(12(2)27)8-17(24-26)19(22)28)10-25-6-5-16(23-25)13-3-4-14(9-21)15(20)7-13/h3-8,11-12,27H,10H2,1-2H3,(H2,22,28)/t11?,12-/m0/s1. The number of rotatable bonds is 6. The van der Waals surface area contributed by atoms with Gasteiger partial charge in [0.05, 0.1) is 40.7 Å². The lowest BCUT2D eigenvalue weighted by atomic mass is 10.1. The minimum absolute atomic E-state index is 0.108. The zero-order valence-corrected chi connectivity index (χ0v) is 16.1. The molecule has 3 rings (SSSR count). The van der Waals surface area contributed by atoms with Gasteiger partial charge in [-0.05, 0) is 38.1 Å². The molecule has 1 aromatic carbocycles. The maximum absolute atomic E-state index is 11.4. The number of hydrogen-bond acceptors (Lipinski definition) is 5. The number of hydrogen-bond donors (Lipinski definition) is 2. The molecule has 2 heterocycles. The molecule has 0 saturated carbocycles. The minimum Gasteiger partial charge on any atom is -0.387 e. The van der Waals surface area contributed by atoms with Crippen molar-refractivity contribution < 1.29 is 9.90 Å². The second kappa shape index (κ2) is 7.84. The van der Waals surface area contributed by atoms with Gasteiger partial charge in [0.15, 0.2) is 0 Å². The summed E-state index contributed by atoms with van der Waals surface area (Å²) in [5.41, 5.74) is 7.85. The Hall–Kier alpha value is -3.15. The number of aliphatic hydroxyl groups is 1. The van der Waals surface area contributed by atoms with Crippen molar-refractivity contribution >= 4 is 17.5 Å². The van der Waals surface area contributed by atoms with Crippen LogP contribution < -0.4 is 5.73 Å². The first-order valence-corrected chi connectivity index (χ1v) is 8.98. The van der Waals surface area contributed by atoms with E-state index in [1.165, 1.54) is 6.07 Å². The third-order valence-corrected chi connectivity index (χ3v) is 4.65. The first-order chi connectivity index (χ1) is 13.3. The second-order valence-corrected chi connectivity index (χ2v) is 6.92. The Kier molecular flexibility index (Phi) is 5.49. The molecule has 28 heavy (non-hydrogen) atoms. The largest absolute Gasteiger partial charge is 0.387 e. The van der Waals surface area contributed by atoms with E-state index in [9.17, 15) is 9.90 Å². The van der Waals surface area contributed by atoms with Gasteiger partial charge in [-0.15, -0.1) is 0 Å². The highest BCUT2D eigenvalue weighted by Crippen LogP contribution is 2.25. The fourth-order valence-corrected chi connectivity index (χ4v) is 3.15. The van der Waals surface area contributed by atoms with Gasteiger partial charge in [-0.3, -0.25) is 14.2 Å². The van der Waals surface area contributed by atoms with Crippen LogP contribution in [0.1, 0.15) is 47.7 Å². The first kappa shape index (κ1) is 19.6. The van der Waals surface area contributed by atoms with E-state index in [4.69, 9.17) is 22.6 Å². The molecule has 3 N–H and O–H groups in total. The average molecular weight is 399 g/mol. The van der Waals surface area contributed by atoms with E-state index in [-0.39, 0.29) is 11.7 Å². The summed E-state index contributed by atoms with van der Waals surface area (Å²) in [6.07, 6.45) is 1.02. The van der Waals surface area contributed by atoms with Crippen molar-refractivity contribution in [3.8, 4) is 17.3 Å². The molecule has 0 radical (unpaired) electrons. The normalized spacial score (nSPS) is 13.1. The van der Waals surface area contributed by atoms with Gasteiger partial charge >= 0.3 is 0 Å². The van der Waals surface area contributed by atoms with Crippen LogP contribution in [0.4, 0.5) is 0 Å². The topological polar surface area (TPSA) is 123 Å². The molecule has 0 spiro atoms. The molecule has 2 atom stereocenters. The van der Waals surface area contributed by atoms with Gasteiger partial charge < -0.3 is 10.8 Å². The molecule has 0 bridgehead atoms. The van der Waals surface area contributed by atoms with Gasteiger partial charge in [-0.25, -0.2) is 0 Å². The van der Waals surface area contributed by atoms with E-state index in [0.29, 0.717) is 28.5 Å². The molecule has 0 fully saturated rings. The molecule has 8 nitrogen and oxygen atoms in total. The Morgan fingerprint density at radius 1 is 1.32 bits per heavy atom. The lowest BCUT2D eigenvalue weighted by Crippen LogP contribution is -2.19. The average Bonchev–Trinajstić information content (AvgIpc) is 3.29. The predicted octanol–water partition coefficient (Wildman–Crippen LogP) is 2.69. The summed E-state index contributed by atoms with van der Waals surface area (Å²) in [7, 11) is 0. The van der Waals surface area contributed by atoms with E-state index in [1.807, 2.05) is 25.3 Å². The van der Waals surface area contributed by atoms with Crippen LogP contribution in [0.15, 0.2) is 36.5 Å². The van der Waals surface area contributed by atoms with E-state index in [0.717, 1.165) is 5.56 Å². The van der Waals surface area contributed by atoms with Crippen LogP contribution in [-0.2, 0) is 6.54 Å². The Bertz CT molecular complexity index is 1060. The number of aromatic nitrogens is 4. The van der Waals surface area contributed by atoms with E-state index >= 15 is 0 Å². The van der Waals surface area contributed by atoms with Crippen LogP contribution >= 0.6 is 11.6 Å². The molecule has 144 valence electrons. The van der Waals surface area contributed by atoms with Gasteiger partial charge in [-0.1, -0.05) is 17.7 Å². The van der Waals surface area contributed by atoms with Crippen LogP contribution in [0.3, 0.4) is 0 Å². The zero-order chi connectivity index (χ0) is 20.4. The number of amides is 1. The van der Waals surface area contributed by atoms with Gasteiger partial charge in [0, 0.05) is 11.8 Å². The van der Waals surface area contributed by atoms with Crippen LogP contribution in [0.2, 0.25) is 5.02 Å². The molecular weight excluding hydrogens is 380 g/mol. The molecule has 0 aliphatic carbocycles. The molecule has 1 unspecified atom stereocenters. The van der Waals surface area contributed by atoms with Crippen molar-refractivity contribution in [3.63, 3.8) is 0 Å². The molecule has 1 amide bonds. The SMILES string of the molecule is CC(Cn1ccc(-c2ccc(C#N)c(Cl)c2)n1)n1nc(C(N)=O)cc1[C@H](C)O. The molecule has 0 aliphatic heterocycles. The summed E-state index contributed by atoms with van der Waals surface area (Å²) in [6, 6.07) is 10.3. The molecular formula is C19H19ClN6O2.